The van der Waals surface area contributed by atoms with Gasteiger partial charge in [0, 0.05) is 22.5 Å². The molecule has 0 fully saturated rings. The number of para-hydroxylation sites is 1. The molecule has 13 heavy (non-hydrogen) atoms. The maximum Gasteiger partial charge on any atom is 1.00 e. The monoisotopic (exact) mass is 201 g/mol. The molecule has 0 aliphatic carbocycles. The Balaban J connectivity index is 0.000000845. The molecule has 0 aliphatic heterocycles. The van der Waals surface area contributed by atoms with E-state index in [-0.39, 0.29) is 36.4 Å². The van der Waals surface area contributed by atoms with Crippen LogP contribution in [-0.2, 0) is 0 Å². The molecular formula is C9H8NNaOS. The molecule has 0 aliphatic rings. The summed E-state index contributed by atoms with van der Waals surface area (Å²) in [6.07, 6.45) is 1.63. The number of benzene rings is 1. The Bertz CT molecular complexity index is 485. The predicted molar refractivity (Wildman–Crippen MR) is 52.9 cm³/mol. The van der Waals surface area contributed by atoms with Crippen LogP contribution in [0.15, 0.2) is 40.2 Å². The molecular weight excluding hydrogens is 193 g/mol. The summed E-state index contributed by atoms with van der Waals surface area (Å²) in [5, 5.41) is 0.685. The first-order chi connectivity index (χ1) is 5.79. The van der Waals surface area contributed by atoms with Crippen LogP contribution in [0.25, 0.3) is 10.9 Å². The summed E-state index contributed by atoms with van der Waals surface area (Å²) >= 11 is 4.23. The topological polar surface area (TPSA) is 32.9 Å². The minimum Gasteiger partial charge on any atom is -1.00 e. The first-order valence-corrected chi connectivity index (χ1v) is 4.03. The number of fused-ring (bicyclic) bond motifs is 1. The maximum atomic E-state index is 11.3. The normalized spacial score (nSPS) is 9.62. The van der Waals surface area contributed by atoms with Crippen LogP contribution < -0.4 is 35.0 Å². The largest absolute Gasteiger partial charge is 1.00 e. The molecule has 0 saturated heterocycles. The van der Waals surface area contributed by atoms with E-state index in [1.165, 1.54) is 6.07 Å². The number of aromatic amines is 1. The maximum absolute atomic E-state index is 11.3. The summed E-state index contributed by atoms with van der Waals surface area (Å²) < 4.78 is 0. The number of rotatable bonds is 0. The molecule has 1 aromatic heterocycles. The van der Waals surface area contributed by atoms with Gasteiger partial charge in [-0.25, -0.2) is 0 Å². The van der Waals surface area contributed by atoms with Gasteiger partial charge in [0.2, 0.25) is 0 Å². The molecule has 4 heteroatoms. The Morgan fingerprint density at radius 3 is 2.77 bits per heavy atom. The van der Waals surface area contributed by atoms with Gasteiger partial charge in [0.15, 0.2) is 5.43 Å². The third-order valence-corrected chi connectivity index (χ3v) is 2.14. The van der Waals surface area contributed by atoms with Crippen LogP contribution in [0.5, 0.6) is 0 Å². The summed E-state index contributed by atoms with van der Waals surface area (Å²) in [7, 11) is 0. The van der Waals surface area contributed by atoms with Crippen molar-refractivity contribution in [1.82, 2.24) is 4.98 Å². The zero-order chi connectivity index (χ0) is 8.55. The average Bonchev–Trinajstić information content (AvgIpc) is 2.07. The fourth-order valence-corrected chi connectivity index (χ4v) is 1.46. The van der Waals surface area contributed by atoms with Gasteiger partial charge in [0.1, 0.15) is 0 Å². The van der Waals surface area contributed by atoms with E-state index in [1.807, 2.05) is 12.1 Å². The molecule has 0 unspecified atom stereocenters. The minimum absolute atomic E-state index is 0. The van der Waals surface area contributed by atoms with Crippen LogP contribution >= 0.6 is 12.6 Å². The first-order valence-electron chi connectivity index (χ1n) is 3.58. The third kappa shape index (κ3) is 1.99. The molecule has 1 heterocycles. The molecule has 1 aromatic carbocycles. The minimum atomic E-state index is 0. The van der Waals surface area contributed by atoms with Gasteiger partial charge in [-0.1, -0.05) is 6.07 Å². The van der Waals surface area contributed by atoms with Crippen molar-refractivity contribution in [2.45, 2.75) is 4.90 Å². The summed E-state index contributed by atoms with van der Waals surface area (Å²) in [6.45, 7) is 0. The Labute approximate surface area is 105 Å². The average molecular weight is 201 g/mol. The van der Waals surface area contributed by atoms with Crippen molar-refractivity contribution in [1.29, 1.82) is 0 Å². The van der Waals surface area contributed by atoms with Gasteiger partial charge < -0.3 is 6.41 Å². The SMILES string of the molecule is O=c1cc[nH]c2c(S)cccc12.[H-].[Na+]. The standard InChI is InChI=1S/C9H7NOS.Na.H/c11-7-4-5-10-9-6(7)2-1-3-8(9)12;;/h1-5,12H,(H,10,11);;/q;+1;-1. The molecule has 62 valence electrons. The molecule has 2 aromatic rings. The summed E-state index contributed by atoms with van der Waals surface area (Å²) in [5.74, 6) is 0. The number of thiol groups is 1. The fourth-order valence-electron chi connectivity index (χ4n) is 1.19. The predicted octanol–water partition coefficient (Wildman–Crippen LogP) is -1.07. The van der Waals surface area contributed by atoms with Gasteiger partial charge in [-0.05, 0) is 12.1 Å². The van der Waals surface area contributed by atoms with E-state index < -0.39 is 0 Å². The van der Waals surface area contributed by atoms with Gasteiger partial charge in [0.25, 0.3) is 0 Å². The van der Waals surface area contributed by atoms with Gasteiger partial charge in [-0.2, -0.15) is 0 Å². The van der Waals surface area contributed by atoms with E-state index in [0.717, 1.165) is 10.4 Å². The molecule has 1 N–H and O–H groups in total. The number of pyridine rings is 1. The van der Waals surface area contributed by atoms with Crippen LogP contribution in [0, 0.1) is 0 Å². The van der Waals surface area contributed by atoms with Crippen LogP contribution in [0.3, 0.4) is 0 Å². The van der Waals surface area contributed by atoms with Crippen LogP contribution in [0.1, 0.15) is 1.43 Å². The number of aromatic nitrogens is 1. The smallest absolute Gasteiger partial charge is 1.00 e. The van der Waals surface area contributed by atoms with Crippen molar-refractivity contribution < 1.29 is 31.0 Å². The Hall–Kier alpha value is -0.220. The molecule has 2 rings (SSSR count). The van der Waals surface area contributed by atoms with E-state index in [2.05, 4.69) is 17.6 Å². The third-order valence-electron chi connectivity index (χ3n) is 1.77. The Morgan fingerprint density at radius 1 is 1.31 bits per heavy atom. The van der Waals surface area contributed by atoms with Gasteiger partial charge in [-0.3, -0.25) is 4.79 Å². The van der Waals surface area contributed by atoms with E-state index >= 15 is 0 Å². The Morgan fingerprint density at radius 2 is 2.08 bits per heavy atom. The van der Waals surface area contributed by atoms with Crippen molar-refractivity contribution in [2.75, 3.05) is 0 Å². The van der Waals surface area contributed by atoms with Crippen LogP contribution in [-0.4, -0.2) is 4.98 Å². The van der Waals surface area contributed by atoms with Crippen molar-refractivity contribution in [3.8, 4) is 0 Å². The molecule has 0 saturated carbocycles. The summed E-state index contributed by atoms with van der Waals surface area (Å²) in [6, 6.07) is 6.96. The number of hydrogen-bond donors (Lipinski definition) is 2. The molecule has 0 spiro atoms. The van der Waals surface area contributed by atoms with Gasteiger partial charge in [-0.15, -0.1) is 12.6 Å². The second kappa shape index (κ2) is 4.33. The van der Waals surface area contributed by atoms with E-state index in [1.54, 1.807) is 12.3 Å². The van der Waals surface area contributed by atoms with Crippen molar-refractivity contribution in [3.63, 3.8) is 0 Å². The fraction of sp³-hybridized carbons (Fsp3) is 0. The molecule has 2 nitrogen and oxygen atoms in total. The molecule has 0 amide bonds. The van der Waals surface area contributed by atoms with E-state index in [9.17, 15) is 4.79 Å². The van der Waals surface area contributed by atoms with Gasteiger partial charge in [0.05, 0.1) is 5.52 Å². The molecule has 0 bridgehead atoms. The van der Waals surface area contributed by atoms with Crippen molar-refractivity contribution >= 4 is 23.5 Å². The number of H-pyrrole nitrogens is 1. The summed E-state index contributed by atoms with van der Waals surface area (Å²) in [5.41, 5.74) is 0.827. The van der Waals surface area contributed by atoms with Gasteiger partial charge >= 0.3 is 29.6 Å². The summed E-state index contributed by atoms with van der Waals surface area (Å²) in [4.78, 5) is 15.1. The van der Waals surface area contributed by atoms with Crippen molar-refractivity contribution in [3.05, 3.63) is 40.7 Å². The Kier molecular flexibility index (Phi) is 3.62. The zero-order valence-corrected chi connectivity index (χ0v) is 10.1. The number of hydrogen-bond acceptors (Lipinski definition) is 2. The number of nitrogens with one attached hydrogen (secondary N) is 1. The van der Waals surface area contributed by atoms with Crippen LogP contribution in [0.4, 0.5) is 0 Å². The second-order valence-corrected chi connectivity index (χ2v) is 3.02. The molecule has 0 radical (unpaired) electrons. The van der Waals surface area contributed by atoms with Crippen LogP contribution in [0.2, 0.25) is 0 Å². The van der Waals surface area contributed by atoms with Crippen molar-refractivity contribution in [2.24, 2.45) is 0 Å². The zero-order valence-electron chi connectivity index (χ0n) is 8.24. The first kappa shape index (κ1) is 10.9. The van der Waals surface area contributed by atoms with E-state index in [0.29, 0.717) is 5.39 Å². The molecule has 0 atom stereocenters. The quantitative estimate of drug-likeness (QED) is 0.413. The van der Waals surface area contributed by atoms with E-state index in [4.69, 9.17) is 0 Å². The second-order valence-electron chi connectivity index (χ2n) is 2.54.